The first-order valence-corrected chi connectivity index (χ1v) is 5.84. The van der Waals surface area contributed by atoms with E-state index in [1.54, 1.807) is 13.0 Å². The van der Waals surface area contributed by atoms with Gasteiger partial charge in [0.25, 0.3) is 0 Å². The number of ether oxygens (including phenoxy) is 1. The van der Waals surface area contributed by atoms with Crippen molar-refractivity contribution in [3.8, 4) is 11.6 Å². The molecule has 0 unspecified atom stereocenters. The molecule has 0 amide bonds. The summed E-state index contributed by atoms with van der Waals surface area (Å²) in [7, 11) is 0. The predicted octanol–water partition coefficient (Wildman–Crippen LogP) is 2.43. The second-order valence-corrected chi connectivity index (χ2v) is 4.03. The van der Waals surface area contributed by atoms with Gasteiger partial charge in [-0.2, -0.15) is 4.98 Å². The number of nitrogens with zero attached hydrogens (tertiary/aromatic N) is 3. The average Bonchev–Trinajstić information content (AvgIpc) is 2.30. The van der Waals surface area contributed by atoms with E-state index in [-0.39, 0.29) is 0 Å². The fourth-order valence-electron chi connectivity index (χ4n) is 1.67. The molecule has 94 valence electrons. The second-order valence-electron chi connectivity index (χ2n) is 4.03. The van der Waals surface area contributed by atoms with E-state index in [4.69, 9.17) is 10.5 Å². The Morgan fingerprint density at radius 2 is 1.94 bits per heavy atom. The third-order valence-corrected chi connectivity index (χ3v) is 2.46. The van der Waals surface area contributed by atoms with Gasteiger partial charge in [-0.1, -0.05) is 6.92 Å². The molecule has 0 spiro atoms. The van der Waals surface area contributed by atoms with Crippen molar-refractivity contribution in [2.75, 3.05) is 5.73 Å². The van der Waals surface area contributed by atoms with Crippen LogP contribution < -0.4 is 10.5 Å². The number of aryl methyl sites for hydroxylation is 3. The van der Waals surface area contributed by atoms with Gasteiger partial charge in [0.05, 0.1) is 5.69 Å². The Balaban J connectivity index is 2.33. The molecule has 0 aliphatic carbocycles. The number of hydrogen-bond donors (Lipinski definition) is 1. The Morgan fingerprint density at radius 3 is 2.61 bits per heavy atom. The molecule has 0 bridgehead atoms. The molecule has 0 atom stereocenters. The summed E-state index contributed by atoms with van der Waals surface area (Å²) in [5.41, 5.74) is 7.54. The van der Waals surface area contributed by atoms with Crippen molar-refractivity contribution < 1.29 is 4.74 Å². The fourth-order valence-corrected chi connectivity index (χ4v) is 1.67. The minimum atomic E-state index is 0.399. The molecule has 2 aromatic rings. The molecule has 0 aromatic carbocycles. The summed E-state index contributed by atoms with van der Waals surface area (Å²) in [6.07, 6.45) is 0.802. The third-order valence-electron chi connectivity index (χ3n) is 2.46. The van der Waals surface area contributed by atoms with Gasteiger partial charge in [0, 0.05) is 11.8 Å². The summed E-state index contributed by atoms with van der Waals surface area (Å²) in [6.45, 7) is 5.77. The molecule has 0 radical (unpaired) electrons. The van der Waals surface area contributed by atoms with Crippen molar-refractivity contribution in [2.45, 2.75) is 27.2 Å². The summed E-state index contributed by atoms with van der Waals surface area (Å²) in [6, 6.07) is 5.41. The van der Waals surface area contributed by atoms with Crippen molar-refractivity contribution >= 4 is 5.82 Å². The zero-order valence-corrected chi connectivity index (χ0v) is 10.8. The molecule has 0 saturated carbocycles. The molecule has 18 heavy (non-hydrogen) atoms. The van der Waals surface area contributed by atoms with E-state index in [2.05, 4.69) is 15.0 Å². The maximum absolute atomic E-state index is 5.72. The van der Waals surface area contributed by atoms with Gasteiger partial charge in [0.2, 0.25) is 5.88 Å². The van der Waals surface area contributed by atoms with Crippen molar-refractivity contribution in [1.29, 1.82) is 0 Å². The van der Waals surface area contributed by atoms with Crippen LogP contribution >= 0.6 is 0 Å². The van der Waals surface area contributed by atoms with Crippen LogP contribution in [0.4, 0.5) is 5.82 Å². The minimum Gasteiger partial charge on any atom is -0.437 e. The van der Waals surface area contributed by atoms with Gasteiger partial charge in [0.15, 0.2) is 5.75 Å². The quantitative estimate of drug-likeness (QED) is 0.897. The molecule has 5 nitrogen and oxygen atoms in total. The van der Waals surface area contributed by atoms with Crippen molar-refractivity contribution in [1.82, 2.24) is 15.0 Å². The highest BCUT2D eigenvalue weighted by Crippen LogP contribution is 2.24. The van der Waals surface area contributed by atoms with Gasteiger partial charge in [-0.05, 0) is 32.4 Å². The van der Waals surface area contributed by atoms with Gasteiger partial charge in [-0.25, -0.2) is 4.98 Å². The first-order chi connectivity index (χ1) is 8.58. The molecule has 0 aliphatic heterocycles. The molecule has 0 saturated heterocycles. The molecular weight excluding hydrogens is 228 g/mol. The number of anilines is 1. The summed E-state index contributed by atoms with van der Waals surface area (Å²) < 4.78 is 5.72. The van der Waals surface area contributed by atoms with Gasteiger partial charge in [-0.3, -0.25) is 4.98 Å². The smallest absolute Gasteiger partial charge is 0.224 e. The van der Waals surface area contributed by atoms with Crippen LogP contribution in [0.5, 0.6) is 11.6 Å². The molecular formula is C13H16N4O. The van der Waals surface area contributed by atoms with E-state index < -0.39 is 0 Å². The molecule has 5 heteroatoms. The third kappa shape index (κ3) is 2.74. The van der Waals surface area contributed by atoms with E-state index >= 15 is 0 Å². The van der Waals surface area contributed by atoms with E-state index in [9.17, 15) is 0 Å². The second kappa shape index (κ2) is 5.00. The normalized spacial score (nSPS) is 10.4. The molecule has 2 rings (SSSR count). The Labute approximate surface area is 106 Å². The standard InChI is InChI=1S/C13H16N4O/c1-4-10-11(6-5-8(2)15-10)18-13-7-12(14)16-9(3)17-13/h5-7H,4H2,1-3H3,(H2,14,16,17). The van der Waals surface area contributed by atoms with Crippen LogP contribution in [-0.4, -0.2) is 15.0 Å². The topological polar surface area (TPSA) is 73.9 Å². The number of aromatic nitrogens is 3. The lowest BCUT2D eigenvalue weighted by atomic mass is 10.2. The van der Waals surface area contributed by atoms with Crippen LogP contribution in [0.15, 0.2) is 18.2 Å². The molecule has 2 aromatic heterocycles. The van der Waals surface area contributed by atoms with Gasteiger partial charge < -0.3 is 10.5 Å². The summed E-state index contributed by atoms with van der Waals surface area (Å²) in [4.78, 5) is 12.6. The largest absolute Gasteiger partial charge is 0.437 e. The van der Waals surface area contributed by atoms with Crippen LogP contribution in [0.3, 0.4) is 0 Å². The lowest BCUT2D eigenvalue weighted by Crippen LogP contribution is -2.00. The Hall–Kier alpha value is -2.17. The zero-order chi connectivity index (χ0) is 13.1. The van der Waals surface area contributed by atoms with E-state index in [0.717, 1.165) is 17.8 Å². The van der Waals surface area contributed by atoms with Gasteiger partial charge in [-0.15, -0.1) is 0 Å². The lowest BCUT2D eigenvalue weighted by molar-refractivity contribution is 0.451. The highest BCUT2D eigenvalue weighted by molar-refractivity contribution is 5.37. The summed E-state index contributed by atoms with van der Waals surface area (Å²) in [5, 5.41) is 0. The maximum atomic E-state index is 5.72. The van der Waals surface area contributed by atoms with Crippen LogP contribution in [0, 0.1) is 13.8 Å². The average molecular weight is 244 g/mol. The number of pyridine rings is 1. The SMILES string of the molecule is CCc1nc(C)ccc1Oc1cc(N)nc(C)n1. The highest BCUT2D eigenvalue weighted by Gasteiger charge is 2.07. The van der Waals surface area contributed by atoms with Gasteiger partial charge >= 0.3 is 0 Å². The Kier molecular flexibility index (Phi) is 3.41. The first-order valence-electron chi connectivity index (χ1n) is 5.84. The number of nitrogens with two attached hydrogens (primary N) is 1. The molecule has 0 fully saturated rings. The van der Waals surface area contributed by atoms with Crippen molar-refractivity contribution in [3.63, 3.8) is 0 Å². The first kappa shape index (κ1) is 12.3. The monoisotopic (exact) mass is 244 g/mol. The number of nitrogen functional groups attached to an aromatic ring is 1. The van der Waals surface area contributed by atoms with E-state index in [1.165, 1.54) is 0 Å². The van der Waals surface area contributed by atoms with Crippen molar-refractivity contribution in [2.24, 2.45) is 0 Å². The lowest BCUT2D eigenvalue weighted by Gasteiger charge is -2.09. The van der Waals surface area contributed by atoms with Crippen LogP contribution in [-0.2, 0) is 6.42 Å². The fraction of sp³-hybridized carbons (Fsp3) is 0.308. The van der Waals surface area contributed by atoms with Crippen LogP contribution in [0.1, 0.15) is 24.1 Å². The number of hydrogen-bond acceptors (Lipinski definition) is 5. The van der Waals surface area contributed by atoms with Crippen LogP contribution in [0.25, 0.3) is 0 Å². The summed E-state index contributed by atoms with van der Waals surface area (Å²) >= 11 is 0. The maximum Gasteiger partial charge on any atom is 0.224 e. The Morgan fingerprint density at radius 1 is 1.17 bits per heavy atom. The van der Waals surface area contributed by atoms with E-state index in [0.29, 0.717) is 23.3 Å². The molecule has 2 heterocycles. The highest BCUT2D eigenvalue weighted by atomic mass is 16.5. The van der Waals surface area contributed by atoms with Crippen LogP contribution in [0.2, 0.25) is 0 Å². The molecule has 0 aliphatic rings. The Bertz CT molecular complexity index is 549. The number of rotatable bonds is 3. The molecule has 2 N–H and O–H groups in total. The minimum absolute atomic E-state index is 0.399. The van der Waals surface area contributed by atoms with Crippen molar-refractivity contribution in [3.05, 3.63) is 35.4 Å². The van der Waals surface area contributed by atoms with E-state index in [1.807, 2.05) is 26.0 Å². The summed E-state index contributed by atoms with van der Waals surface area (Å²) in [5.74, 6) is 2.14. The predicted molar refractivity (Wildman–Crippen MR) is 69.6 cm³/mol. The van der Waals surface area contributed by atoms with Gasteiger partial charge in [0.1, 0.15) is 11.6 Å². The zero-order valence-electron chi connectivity index (χ0n) is 10.8.